The van der Waals surface area contributed by atoms with E-state index < -0.39 is 0 Å². The Bertz CT molecular complexity index is 766. The van der Waals surface area contributed by atoms with Crippen LogP contribution in [0.4, 0.5) is 5.69 Å². The van der Waals surface area contributed by atoms with Gasteiger partial charge in [0.2, 0.25) is 0 Å². The minimum atomic E-state index is 0. The number of anilines is 1. The lowest BCUT2D eigenvalue weighted by molar-refractivity contribution is 0.475. The summed E-state index contributed by atoms with van der Waals surface area (Å²) in [7, 11) is 0. The van der Waals surface area contributed by atoms with E-state index in [-0.39, 0.29) is 7.18 Å². The average Bonchev–Trinajstić information content (AvgIpc) is 2.57. The van der Waals surface area contributed by atoms with Gasteiger partial charge in [-0.2, -0.15) is 5.26 Å². The number of fused-ring (bicyclic) bond motifs is 1. The summed E-state index contributed by atoms with van der Waals surface area (Å²) >= 11 is 0. The van der Waals surface area contributed by atoms with Crippen molar-refractivity contribution >= 4 is 11.4 Å². The maximum absolute atomic E-state index is 9.03. The summed E-state index contributed by atoms with van der Waals surface area (Å²) in [4.78, 5) is 0. The van der Waals surface area contributed by atoms with Gasteiger partial charge in [0.25, 0.3) is 0 Å². The van der Waals surface area contributed by atoms with E-state index in [1.54, 1.807) is 13.0 Å². The fourth-order valence-corrected chi connectivity index (χ4v) is 2.67. The fraction of sp³-hybridized carbons (Fsp3) is 0.263. The number of nitrogens with one attached hydrogen (secondary N) is 1. The third kappa shape index (κ3) is 4.33. The molecule has 0 atom stereocenters. The monoisotopic (exact) mass is 309 g/mol. The van der Waals surface area contributed by atoms with Gasteiger partial charge in [-0.3, -0.25) is 0 Å². The summed E-state index contributed by atoms with van der Waals surface area (Å²) in [5.41, 5.74) is 10.6. The number of aromatic hydroxyl groups is 1. The molecule has 0 saturated heterocycles. The zero-order valence-corrected chi connectivity index (χ0v) is 13.3. The Morgan fingerprint density at radius 3 is 2.48 bits per heavy atom. The van der Waals surface area contributed by atoms with Crippen LogP contribution >= 0.6 is 0 Å². The van der Waals surface area contributed by atoms with E-state index in [9.17, 15) is 0 Å². The number of benzene rings is 2. The van der Waals surface area contributed by atoms with Crippen molar-refractivity contribution < 1.29 is 6.53 Å². The largest absolute Gasteiger partial charge is 0.508 e. The number of aryl methyl sites for hydroxylation is 2. The number of hydrogen-bond donors (Lipinski definition) is 3. The van der Waals surface area contributed by atoms with Gasteiger partial charge in [0.15, 0.2) is 0 Å². The lowest BCUT2D eigenvalue weighted by Gasteiger charge is -2.14. The fourth-order valence-electron chi connectivity index (χ4n) is 2.67. The molecule has 4 nitrogen and oxygen atoms in total. The van der Waals surface area contributed by atoms with Crippen molar-refractivity contribution in [2.75, 3.05) is 5.73 Å². The zero-order chi connectivity index (χ0) is 16.8. The lowest BCUT2D eigenvalue weighted by Crippen LogP contribution is -2.02. The highest BCUT2D eigenvalue weighted by Crippen LogP contribution is 2.21. The summed E-state index contributed by atoms with van der Waals surface area (Å²) in [6.45, 7) is 1.63. The molecule has 0 saturated carbocycles. The molecule has 0 amide bonds. The first-order valence-corrected chi connectivity index (χ1v) is 7.67. The van der Waals surface area contributed by atoms with Crippen LogP contribution in [0.5, 0.6) is 5.75 Å². The van der Waals surface area contributed by atoms with Crippen molar-refractivity contribution in [3.63, 3.8) is 0 Å². The molecule has 1 aliphatic rings. The maximum atomic E-state index is 9.03. The van der Waals surface area contributed by atoms with Crippen LogP contribution in [0, 0.1) is 16.7 Å². The number of phenolic OH excluding ortho intramolecular Hbond substituents is 1. The molecule has 0 spiro atoms. The van der Waals surface area contributed by atoms with Crippen molar-refractivity contribution in [2.45, 2.75) is 32.6 Å². The van der Waals surface area contributed by atoms with Crippen LogP contribution in [0.15, 0.2) is 36.4 Å². The van der Waals surface area contributed by atoms with Crippen LogP contribution < -0.4 is 5.73 Å². The Balaban J connectivity index is 0.000000232. The number of nitrogen functional groups attached to an aromatic ring is 1. The van der Waals surface area contributed by atoms with Crippen molar-refractivity contribution in [1.29, 1.82) is 10.7 Å². The van der Waals surface area contributed by atoms with E-state index in [2.05, 4.69) is 12.1 Å². The van der Waals surface area contributed by atoms with Crippen molar-refractivity contribution in [2.24, 2.45) is 0 Å². The molecule has 4 N–H and O–H groups in total. The third-order valence-corrected chi connectivity index (χ3v) is 3.92. The minimum absolute atomic E-state index is 0. The van der Waals surface area contributed by atoms with Crippen LogP contribution in [0.25, 0.3) is 0 Å². The molecule has 2 aromatic carbocycles. The number of nitrogens with zero attached hydrogens (tertiary/aromatic N) is 1. The van der Waals surface area contributed by atoms with E-state index in [4.69, 9.17) is 21.5 Å². The van der Waals surface area contributed by atoms with Crippen LogP contribution in [0.1, 0.15) is 43.4 Å². The first-order valence-electron chi connectivity index (χ1n) is 7.67. The topological polar surface area (TPSA) is 93.9 Å². The van der Waals surface area contributed by atoms with Crippen LogP contribution in [0.3, 0.4) is 0 Å². The third-order valence-electron chi connectivity index (χ3n) is 3.92. The van der Waals surface area contributed by atoms with Crippen molar-refractivity contribution in [3.05, 3.63) is 58.7 Å². The van der Waals surface area contributed by atoms with E-state index in [0.29, 0.717) is 17.0 Å². The summed E-state index contributed by atoms with van der Waals surface area (Å²) in [6, 6.07) is 12.8. The van der Waals surface area contributed by atoms with Crippen molar-refractivity contribution in [1.82, 2.24) is 0 Å². The van der Waals surface area contributed by atoms with Gasteiger partial charge in [-0.05, 0) is 74.1 Å². The molecule has 0 fully saturated rings. The maximum Gasteiger partial charge on any atom is 0.116 e. The summed E-state index contributed by atoms with van der Waals surface area (Å²) in [5.74, 6) is 0.140. The molecule has 0 bridgehead atoms. The molecular weight excluding hydrogens is 286 g/mol. The quantitative estimate of drug-likeness (QED) is 0.421. The standard InChI is InChI=1S/C11H11N.C8H10N2O.H2/c12-8-9-5-6-10-3-1-2-4-11(10)7-9;1-5(9)7-4-6(11)2-3-8(7)10;/h5-7H,1-4H2;2-4,9,11H,10H2,1H3;1H. The zero-order valence-electron chi connectivity index (χ0n) is 13.3. The van der Waals surface area contributed by atoms with E-state index in [0.717, 1.165) is 12.0 Å². The molecule has 0 aliphatic heterocycles. The Morgan fingerprint density at radius 1 is 1.17 bits per heavy atom. The van der Waals surface area contributed by atoms with Gasteiger partial charge in [-0.15, -0.1) is 0 Å². The highest BCUT2D eigenvalue weighted by atomic mass is 16.3. The van der Waals surface area contributed by atoms with E-state index in [1.165, 1.54) is 42.5 Å². The highest BCUT2D eigenvalue weighted by molar-refractivity contribution is 6.01. The Hall–Kier alpha value is -2.80. The number of phenols is 1. The van der Waals surface area contributed by atoms with Gasteiger partial charge < -0.3 is 16.2 Å². The molecule has 120 valence electrons. The Labute approximate surface area is 138 Å². The van der Waals surface area contributed by atoms with Gasteiger partial charge >= 0.3 is 0 Å². The molecule has 0 radical (unpaired) electrons. The van der Waals surface area contributed by atoms with Crippen LogP contribution in [-0.4, -0.2) is 10.8 Å². The normalized spacial score (nSPS) is 12.3. The average molecular weight is 309 g/mol. The number of rotatable bonds is 1. The van der Waals surface area contributed by atoms with Gasteiger partial charge in [0.05, 0.1) is 11.6 Å². The molecule has 23 heavy (non-hydrogen) atoms. The second-order valence-corrected chi connectivity index (χ2v) is 5.70. The minimum Gasteiger partial charge on any atom is -0.508 e. The summed E-state index contributed by atoms with van der Waals surface area (Å²) in [5, 5.41) is 25.0. The molecule has 3 rings (SSSR count). The molecule has 0 heterocycles. The Kier molecular flexibility index (Phi) is 5.37. The molecule has 2 aromatic rings. The smallest absolute Gasteiger partial charge is 0.116 e. The number of nitriles is 1. The second-order valence-electron chi connectivity index (χ2n) is 5.70. The van der Waals surface area contributed by atoms with Gasteiger partial charge in [0.1, 0.15) is 5.75 Å². The molecular formula is C19H23N3O. The summed E-state index contributed by atoms with van der Waals surface area (Å²) < 4.78 is 0. The molecule has 0 aromatic heterocycles. The number of hydrogen-bond acceptors (Lipinski definition) is 4. The first kappa shape index (κ1) is 16.6. The molecule has 0 unspecified atom stereocenters. The van der Waals surface area contributed by atoms with Crippen LogP contribution in [0.2, 0.25) is 0 Å². The molecule has 4 heteroatoms. The summed E-state index contributed by atoms with van der Waals surface area (Å²) in [6.07, 6.45) is 4.94. The van der Waals surface area contributed by atoms with E-state index in [1.807, 2.05) is 12.1 Å². The number of nitrogens with two attached hydrogens (primary N) is 1. The highest BCUT2D eigenvalue weighted by Gasteiger charge is 2.08. The van der Waals surface area contributed by atoms with Gasteiger partial charge in [-0.1, -0.05) is 6.07 Å². The predicted molar refractivity (Wildman–Crippen MR) is 94.9 cm³/mol. The van der Waals surface area contributed by atoms with Crippen molar-refractivity contribution in [3.8, 4) is 11.8 Å². The SMILES string of the molecule is CC(=N)c1cc(O)ccc1N.N#Cc1ccc2c(c1)CCCC2.[HH]. The van der Waals surface area contributed by atoms with Crippen LogP contribution in [-0.2, 0) is 12.8 Å². The Morgan fingerprint density at radius 2 is 1.87 bits per heavy atom. The van der Waals surface area contributed by atoms with Gasteiger partial charge in [-0.25, -0.2) is 0 Å². The van der Waals surface area contributed by atoms with E-state index >= 15 is 0 Å². The predicted octanol–water partition coefficient (Wildman–Crippen LogP) is 4.05. The molecule has 1 aliphatic carbocycles. The lowest BCUT2D eigenvalue weighted by atomic mass is 9.91. The van der Waals surface area contributed by atoms with Gasteiger partial charge in [0, 0.05) is 18.4 Å². The first-order chi connectivity index (χ1) is 11.0. The second kappa shape index (κ2) is 7.46.